The number of aromatic nitrogens is 1. The zero-order chi connectivity index (χ0) is 17.9. The zero-order valence-corrected chi connectivity index (χ0v) is 12.7. The van der Waals surface area contributed by atoms with Gasteiger partial charge in [-0.05, 0) is 6.07 Å². The molecule has 0 unspecified atom stereocenters. The molecule has 1 saturated heterocycles. The number of hydrogen-bond acceptors (Lipinski definition) is 4. The lowest BCUT2D eigenvalue weighted by atomic mass is 9.96. The van der Waals surface area contributed by atoms with E-state index in [0.717, 1.165) is 4.90 Å². The summed E-state index contributed by atoms with van der Waals surface area (Å²) < 4.78 is 43.7. The van der Waals surface area contributed by atoms with E-state index in [1.54, 1.807) is 12.1 Å². The van der Waals surface area contributed by atoms with E-state index in [0.29, 0.717) is 5.56 Å². The molecule has 0 radical (unpaired) electrons. The first-order valence-electron chi connectivity index (χ1n) is 7.04. The van der Waals surface area contributed by atoms with Crippen molar-refractivity contribution in [3.63, 3.8) is 0 Å². The Bertz CT molecular complexity index is 624. The van der Waals surface area contributed by atoms with Crippen LogP contribution in [0.15, 0.2) is 18.3 Å². The van der Waals surface area contributed by atoms with Crippen molar-refractivity contribution in [2.24, 2.45) is 11.8 Å². The first kappa shape index (κ1) is 17.8. The van der Waals surface area contributed by atoms with Crippen molar-refractivity contribution >= 4 is 12.0 Å². The van der Waals surface area contributed by atoms with Crippen molar-refractivity contribution in [1.29, 1.82) is 0 Å². The van der Waals surface area contributed by atoms with Crippen molar-refractivity contribution in [2.45, 2.75) is 12.7 Å². The standard InChI is InChI=1S/C14H16F3N3O4/c1-24-11-8(3-2-4-18-11)5-19-13(23)20-6-9(12(21)22)10(7-20)14(15,16)17/h2-4,9-10H,5-7H2,1H3,(H,19,23)(H,21,22)/t9-,10-/m1/s1. The Morgan fingerprint density at radius 3 is 2.71 bits per heavy atom. The molecule has 7 nitrogen and oxygen atoms in total. The van der Waals surface area contributed by atoms with Gasteiger partial charge in [0.05, 0.1) is 18.9 Å². The van der Waals surface area contributed by atoms with Gasteiger partial charge in [0.15, 0.2) is 0 Å². The number of carboxylic acids is 1. The molecule has 0 saturated carbocycles. The van der Waals surface area contributed by atoms with E-state index in [1.807, 2.05) is 0 Å². The molecule has 0 bridgehead atoms. The van der Waals surface area contributed by atoms with Crippen LogP contribution in [0.5, 0.6) is 5.88 Å². The molecule has 2 atom stereocenters. The number of likely N-dealkylation sites (tertiary alicyclic amines) is 1. The van der Waals surface area contributed by atoms with Gasteiger partial charge < -0.3 is 20.1 Å². The Morgan fingerprint density at radius 2 is 2.17 bits per heavy atom. The monoisotopic (exact) mass is 347 g/mol. The van der Waals surface area contributed by atoms with E-state index in [4.69, 9.17) is 9.84 Å². The fourth-order valence-electron chi connectivity index (χ4n) is 2.58. The van der Waals surface area contributed by atoms with Crippen molar-refractivity contribution in [3.05, 3.63) is 23.9 Å². The van der Waals surface area contributed by atoms with Gasteiger partial charge in [-0.15, -0.1) is 0 Å². The van der Waals surface area contributed by atoms with Crippen LogP contribution in [0.1, 0.15) is 5.56 Å². The fourth-order valence-corrected chi connectivity index (χ4v) is 2.58. The van der Waals surface area contributed by atoms with Crippen molar-refractivity contribution in [1.82, 2.24) is 15.2 Å². The second kappa shape index (κ2) is 6.93. The first-order valence-corrected chi connectivity index (χ1v) is 7.04. The lowest BCUT2D eigenvalue weighted by molar-refractivity contribution is -0.187. The Balaban J connectivity index is 2.01. The molecular weight excluding hydrogens is 331 g/mol. The number of nitrogens with one attached hydrogen (secondary N) is 1. The van der Waals surface area contributed by atoms with Gasteiger partial charge in [0, 0.05) is 31.4 Å². The topological polar surface area (TPSA) is 91.8 Å². The summed E-state index contributed by atoms with van der Waals surface area (Å²) in [5.74, 6) is -5.02. The first-order chi connectivity index (χ1) is 11.2. The fraction of sp³-hybridized carbons (Fsp3) is 0.500. The third-order valence-electron chi connectivity index (χ3n) is 3.82. The third-order valence-corrected chi connectivity index (χ3v) is 3.82. The maximum Gasteiger partial charge on any atom is 0.394 e. The second-order valence-electron chi connectivity index (χ2n) is 5.33. The van der Waals surface area contributed by atoms with Gasteiger partial charge in [-0.3, -0.25) is 4.79 Å². The number of ether oxygens (including phenoxy) is 1. The van der Waals surface area contributed by atoms with E-state index >= 15 is 0 Å². The molecule has 2 amide bonds. The maximum absolute atomic E-state index is 12.9. The van der Waals surface area contributed by atoms with Gasteiger partial charge in [-0.1, -0.05) is 6.07 Å². The van der Waals surface area contributed by atoms with Crippen LogP contribution in [-0.4, -0.2) is 53.4 Å². The number of rotatable bonds is 4. The number of carbonyl (C=O) groups excluding carboxylic acids is 1. The van der Waals surface area contributed by atoms with Gasteiger partial charge in [-0.25, -0.2) is 9.78 Å². The predicted molar refractivity (Wildman–Crippen MR) is 75.3 cm³/mol. The quantitative estimate of drug-likeness (QED) is 0.861. The number of aliphatic carboxylic acids is 1. The summed E-state index contributed by atoms with van der Waals surface area (Å²) in [6.07, 6.45) is -3.18. The minimum atomic E-state index is -4.68. The molecule has 0 aliphatic carbocycles. The summed E-state index contributed by atoms with van der Waals surface area (Å²) in [5, 5.41) is 11.4. The van der Waals surface area contributed by atoms with E-state index in [1.165, 1.54) is 13.3 Å². The number of carboxylic acid groups (broad SMARTS) is 1. The van der Waals surface area contributed by atoms with E-state index in [-0.39, 0.29) is 12.4 Å². The normalized spacial score (nSPS) is 20.8. The smallest absolute Gasteiger partial charge is 0.394 e. The van der Waals surface area contributed by atoms with Gasteiger partial charge in [0.2, 0.25) is 5.88 Å². The number of alkyl halides is 3. The summed E-state index contributed by atoms with van der Waals surface area (Å²) in [6.45, 7) is -1.17. The van der Waals surface area contributed by atoms with Crippen LogP contribution in [0.25, 0.3) is 0 Å². The number of methoxy groups -OCH3 is 1. The molecule has 24 heavy (non-hydrogen) atoms. The summed E-state index contributed by atoms with van der Waals surface area (Å²) in [6, 6.07) is 2.51. The van der Waals surface area contributed by atoms with Crippen LogP contribution in [0.3, 0.4) is 0 Å². The van der Waals surface area contributed by atoms with Crippen molar-refractivity contribution in [2.75, 3.05) is 20.2 Å². The number of nitrogens with zero attached hydrogens (tertiary/aromatic N) is 2. The number of pyridine rings is 1. The van der Waals surface area contributed by atoms with Crippen molar-refractivity contribution < 1.29 is 32.6 Å². The average molecular weight is 347 g/mol. The van der Waals surface area contributed by atoms with Gasteiger partial charge in [0.1, 0.15) is 0 Å². The minimum absolute atomic E-state index is 0.000763. The number of halogens is 3. The Kier molecular flexibility index (Phi) is 5.15. The average Bonchev–Trinajstić information content (AvgIpc) is 2.98. The summed E-state index contributed by atoms with van der Waals surface area (Å²) in [7, 11) is 1.40. The predicted octanol–water partition coefficient (Wildman–Crippen LogP) is 1.49. The van der Waals surface area contributed by atoms with Crippen LogP contribution in [-0.2, 0) is 11.3 Å². The molecule has 1 aromatic rings. The lowest BCUT2D eigenvalue weighted by Crippen LogP contribution is -2.39. The van der Waals surface area contributed by atoms with Crippen LogP contribution >= 0.6 is 0 Å². The summed E-state index contributed by atoms with van der Waals surface area (Å²) in [4.78, 5) is 27.9. The highest BCUT2D eigenvalue weighted by Crippen LogP contribution is 2.37. The van der Waals surface area contributed by atoms with Crippen LogP contribution in [0.4, 0.5) is 18.0 Å². The van der Waals surface area contributed by atoms with E-state index < -0.39 is 43.1 Å². The summed E-state index contributed by atoms with van der Waals surface area (Å²) >= 11 is 0. The number of urea groups is 1. The number of amides is 2. The zero-order valence-electron chi connectivity index (χ0n) is 12.7. The highest BCUT2D eigenvalue weighted by atomic mass is 19.4. The number of carbonyl (C=O) groups is 2. The molecule has 0 spiro atoms. The minimum Gasteiger partial charge on any atom is -0.481 e. The molecule has 132 valence electrons. The Morgan fingerprint density at radius 1 is 1.46 bits per heavy atom. The molecular formula is C14H16F3N3O4. The molecule has 2 rings (SSSR count). The highest BCUT2D eigenvalue weighted by Gasteiger charge is 2.53. The molecule has 0 aromatic carbocycles. The van der Waals surface area contributed by atoms with Crippen LogP contribution in [0.2, 0.25) is 0 Å². The third kappa shape index (κ3) is 3.87. The molecule has 1 aliphatic rings. The molecule has 10 heteroatoms. The number of hydrogen-bond donors (Lipinski definition) is 2. The molecule has 1 aromatic heterocycles. The molecule has 1 fully saturated rings. The SMILES string of the molecule is COc1ncccc1CNC(=O)N1C[C@@H](C(F)(F)F)[C@H](C(=O)O)C1. The second-order valence-corrected chi connectivity index (χ2v) is 5.33. The van der Waals surface area contributed by atoms with Gasteiger partial charge in [-0.2, -0.15) is 13.2 Å². The molecule has 2 heterocycles. The summed E-state index contributed by atoms with van der Waals surface area (Å²) in [5.41, 5.74) is 0.551. The Labute approximate surface area is 135 Å². The maximum atomic E-state index is 12.9. The Hall–Kier alpha value is -2.52. The van der Waals surface area contributed by atoms with Crippen LogP contribution < -0.4 is 10.1 Å². The van der Waals surface area contributed by atoms with Crippen LogP contribution in [0, 0.1) is 11.8 Å². The molecule has 1 aliphatic heterocycles. The van der Waals surface area contributed by atoms with Gasteiger partial charge >= 0.3 is 18.2 Å². The van der Waals surface area contributed by atoms with Crippen molar-refractivity contribution in [3.8, 4) is 5.88 Å². The molecule has 2 N–H and O–H groups in total. The highest BCUT2D eigenvalue weighted by molar-refractivity contribution is 5.77. The lowest BCUT2D eigenvalue weighted by Gasteiger charge is -2.19. The largest absolute Gasteiger partial charge is 0.481 e. The van der Waals surface area contributed by atoms with E-state index in [2.05, 4.69) is 10.3 Å². The van der Waals surface area contributed by atoms with E-state index in [9.17, 15) is 22.8 Å². The van der Waals surface area contributed by atoms with Gasteiger partial charge in [0.25, 0.3) is 0 Å².